The molecule has 0 aliphatic heterocycles. The molecule has 1 aromatic rings. The third-order valence-electron chi connectivity index (χ3n) is 5.71. The van der Waals surface area contributed by atoms with Crippen molar-refractivity contribution in [3.8, 4) is 5.75 Å². The van der Waals surface area contributed by atoms with Crippen molar-refractivity contribution >= 4 is 29.6 Å². The van der Waals surface area contributed by atoms with Crippen molar-refractivity contribution in [1.29, 1.82) is 0 Å². The summed E-state index contributed by atoms with van der Waals surface area (Å²) < 4.78 is 0. The van der Waals surface area contributed by atoms with Crippen LogP contribution in [0.1, 0.15) is 44.6 Å². The molecule has 0 heterocycles. The fourth-order valence-corrected chi connectivity index (χ4v) is 3.41. The second-order valence-corrected chi connectivity index (χ2v) is 8.95. The molecule has 0 aliphatic rings. The summed E-state index contributed by atoms with van der Waals surface area (Å²) in [5.74, 6) is -4.49. The van der Waals surface area contributed by atoms with E-state index in [0.29, 0.717) is 24.9 Å². The van der Waals surface area contributed by atoms with Crippen LogP contribution in [0.25, 0.3) is 0 Å². The Hall–Kier alpha value is -3.75. The van der Waals surface area contributed by atoms with Gasteiger partial charge in [-0.05, 0) is 56.8 Å². The molecule has 14 heteroatoms. The Morgan fingerprint density at radius 1 is 0.868 bits per heavy atom. The molecule has 0 radical (unpaired) electrons. The number of aliphatic hydroxyl groups excluding tert-OH is 1. The van der Waals surface area contributed by atoms with Gasteiger partial charge in [-0.3, -0.25) is 19.2 Å². The summed E-state index contributed by atoms with van der Waals surface area (Å²) in [4.78, 5) is 61.4. The Morgan fingerprint density at radius 3 is 1.95 bits per heavy atom. The van der Waals surface area contributed by atoms with Gasteiger partial charge in [-0.1, -0.05) is 12.1 Å². The lowest BCUT2D eigenvalue weighted by Gasteiger charge is -2.26. The maximum Gasteiger partial charge on any atom is 0.326 e. The first-order valence-corrected chi connectivity index (χ1v) is 12.2. The average molecular weight is 539 g/mol. The van der Waals surface area contributed by atoms with Crippen LogP contribution in [0.3, 0.4) is 0 Å². The van der Waals surface area contributed by atoms with Crippen LogP contribution < -0.4 is 33.2 Å². The molecule has 0 fully saturated rings. The van der Waals surface area contributed by atoms with Crippen molar-refractivity contribution in [1.82, 2.24) is 16.0 Å². The molecule has 0 aliphatic carbocycles. The highest BCUT2D eigenvalue weighted by atomic mass is 16.4. The summed E-state index contributed by atoms with van der Waals surface area (Å²) in [6.45, 7) is 1.64. The van der Waals surface area contributed by atoms with E-state index in [4.69, 9.17) is 17.2 Å². The number of carbonyl (C=O) groups is 5. The molecular weight excluding hydrogens is 500 g/mol. The van der Waals surface area contributed by atoms with E-state index in [0.717, 1.165) is 0 Å². The third kappa shape index (κ3) is 11.5. The van der Waals surface area contributed by atoms with Gasteiger partial charge in [-0.2, -0.15) is 0 Å². The molecule has 14 nitrogen and oxygen atoms in total. The number of phenolic OH excluding ortho intramolecular Hbond substituents is 1. The van der Waals surface area contributed by atoms with Gasteiger partial charge in [-0.15, -0.1) is 0 Å². The second-order valence-electron chi connectivity index (χ2n) is 8.95. The van der Waals surface area contributed by atoms with Gasteiger partial charge in [-0.25, -0.2) is 4.79 Å². The highest BCUT2D eigenvalue weighted by molar-refractivity contribution is 5.94. The molecule has 12 N–H and O–H groups in total. The normalized spacial score (nSPS) is 14.8. The molecule has 0 spiro atoms. The number of primary amides is 1. The predicted molar refractivity (Wildman–Crippen MR) is 136 cm³/mol. The van der Waals surface area contributed by atoms with Gasteiger partial charge in [0.1, 0.15) is 29.9 Å². The predicted octanol–water partition coefficient (Wildman–Crippen LogP) is -2.42. The van der Waals surface area contributed by atoms with E-state index in [1.165, 1.54) is 31.2 Å². The zero-order valence-corrected chi connectivity index (χ0v) is 21.3. The van der Waals surface area contributed by atoms with E-state index in [1.54, 1.807) is 0 Å². The molecule has 0 saturated carbocycles. The fraction of sp³-hybridized carbons (Fsp3) is 0.542. The minimum Gasteiger partial charge on any atom is -0.508 e. The maximum absolute atomic E-state index is 13.3. The smallest absolute Gasteiger partial charge is 0.326 e. The Balaban J connectivity index is 3.13. The lowest BCUT2D eigenvalue weighted by atomic mass is 10.0. The number of hydrogen-bond donors (Lipinski definition) is 9. The van der Waals surface area contributed by atoms with Gasteiger partial charge in [0.2, 0.25) is 23.6 Å². The molecule has 212 valence electrons. The lowest BCUT2D eigenvalue weighted by molar-refractivity contribution is -0.142. The Labute approximate surface area is 220 Å². The number of nitrogens with two attached hydrogens (primary N) is 3. The number of nitrogens with one attached hydrogen (secondary N) is 3. The van der Waals surface area contributed by atoms with Crippen molar-refractivity contribution < 1.29 is 39.3 Å². The standard InChI is InChI=1S/C24H38N6O8/c1-13(31)20(27)23(36)30-18(12-14-5-7-15(32)8-6-14)22(35)28-16(4-2-3-11-25)21(34)29-17(24(37)38)9-10-19(26)33/h5-8,13,16-18,20,31-32H,2-4,9-12,25,27H2,1H3,(H2,26,33)(H,28,35)(H,29,34)(H,30,36)(H,37,38). The van der Waals surface area contributed by atoms with Gasteiger partial charge in [0.15, 0.2) is 0 Å². The second kappa shape index (κ2) is 16.2. The van der Waals surface area contributed by atoms with Crippen LogP contribution in [0.4, 0.5) is 0 Å². The monoisotopic (exact) mass is 538 g/mol. The summed E-state index contributed by atoms with van der Waals surface area (Å²) in [5, 5.41) is 35.9. The number of carboxylic acids is 1. The van der Waals surface area contributed by atoms with Gasteiger partial charge in [0.05, 0.1) is 6.10 Å². The molecule has 1 rings (SSSR count). The summed E-state index contributed by atoms with van der Waals surface area (Å²) in [7, 11) is 0. The number of phenols is 1. The largest absolute Gasteiger partial charge is 0.508 e. The van der Waals surface area contributed by atoms with E-state index in [9.17, 15) is 39.3 Å². The van der Waals surface area contributed by atoms with Crippen molar-refractivity contribution in [3.63, 3.8) is 0 Å². The topological polar surface area (TPSA) is 260 Å². The Morgan fingerprint density at radius 2 is 1.42 bits per heavy atom. The summed E-state index contributed by atoms with van der Waals surface area (Å²) in [6.07, 6.45) is -0.684. The highest BCUT2D eigenvalue weighted by Gasteiger charge is 2.31. The summed E-state index contributed by atoms with van der Waals surface area (Å²) in [5.41, 5.74) is 16.9. The molecule has 1 aromatic carbocycles. The first-order chi connectivity index (χ1) is 17.8. The van der Waals surface area contributed by atoms with E-state index in [2.05, 4.69) is 16.0 Å². The SMILES string of the molecule is CC(O)C(N)C(=O)NC(Cc1ccc(O)cc1)C(=O)NC(CCCCN)C(=O)NC(CCC(N)=O)C(=O)O. The van der Waals surface area contributed by atoms with Crippen LogP contribution in [0, 0.1) is 0 Å². The first kappa shape index (κ1) is 32.3. The molecule has 4 amide bonds. The van der Waals surface area contributed by atoms with E-state index in [1.807, 2.05) is 0 Å². The van der Waals surface area contributed by atoms with Crippen molar-refractivity contribution in [2.24, 2.45) is 17.2 Å². The van der Waals surface area contributed by atoms with Crippen LogP contribution in [-0.4, -0.2) is 81.7 Å². The van der Waals surface area contributed by atoms with Crippen molar-refractivity contribution in [2.45, 2.75) is 75.7 Å². The number of benzene rings is 1. The van der Waals surface area contributed by atoms with Crippen molar-refractivity contribution in [2.75, 3.05) is 6.54 Å². The van der Waals surface area contributed by atoms with E-state index in [-0.39, 0.29) is 31.4 Å². The Bertz CT molecular complexity index is 956. The summed E-state index contributed by atoms with van der Waals surface area (Å²) >= 11 is 0. The number of carboxylic acid groups (broad SMARTS) is 1. The molecule has 0 aromatic heterocycles. The van der Waals surface area contributed by atoms with Crippen molar-refractivity contribution in [3.05, 3.63) is 29.8 Å². The lowest BCUT2D eigenvalue weighted by Crippen LogP contribution is -2.58. The number of unbranched alkanes of at least 4 members (excludes halogenated alkanes) is 1. The molecule has 5 unspecified atom stereocenters. The number of aliphatic carboxylic acids is 1. The van der Waals surface area contributed by atoms with Crippen LogP contribution in [0.15, 0.2) is 24.3 Å². The van der Waals surface area contributed by atoms with Gasteiger partial charge >= 0.3 is 5.97 Å². The minimum atomic E-state index is -1.42. The zero-order chi connectivity index (χ0) is 28.8. The van der Waals surface area contributed by atoms with Crippen LogP contribution in [0.2, 0.25) is 0 Å². The third-order valence-corrected chi connectivity index (χ3v) is 5.71. The highest BCUT2D eigenvalue weighted by Crippen LogP contribution is 2.12. The minimum absolute atomic E-state index is 0.00382. The molecule has 5 atom stereocenters. The van der Waals surface area contributed by atoms with Gasteiger partial charge < -0.3 is 48.5 Å². The van der Waals surface area contributed by atoms with Gasteiger partial charge in [0.25, 0.3) is 0 Å². The summed E-state index contributed by atoms with van der Waals surface area (Å²) in [6, 6.07) is 0.719. The number of aliphatic hydroxyl groups is 1. The molecule has 0 bridgehead atoms. The average Bonchev–Trinajstić information content (AvgIpc) is 2.85. The zero-order valence-electron chi connectivity index (χ0n) is 21.3. The number of amides is 4. The van der Waals surface area contributed by atoms with Crippen LogP contribution in [-0.2, 0) is 30.4 Å². The Kier molecular flexibility index (Phi) is 13.7. The first-order valence-electron chi connectivity index (χ1n) is 12.2. The number of hydrogen-bond acceptors (Lipinski definition) is 9. The number of carbonyl (C=O) groups excluding carboxylic acids is 4. The van der Waals surface area contributed by atoms with E-state index >= 15 is 0 Å². The fourth-order valence-electron chi connectivity index (χ4n) is 3.41. The van der Waals surface area contributed by atoms with Crippen LogP contribution >= 0.6 is 0 Å². The molecular formula is C24H38N6O8. The quantitative estimate of drug-likeness (QED) is 0.0947. The number of rotatable bonds is 17. The van der Waals surface area contributed by atoms with Gasteiger partial charge in [0, 0.05) is 12.8 Å². The number of aromatic hydroxyl groups is 1. The molecule has 38 heavy (non-hydrogen) atoms. The maximum atomic E-state index is 13.3. The van der Waals surface area contributed by atoms with E-state index < -0.39 is 59.9 Å². The van der Waals surface area contributed by atoms with Crippen LogP contribution in [0.5, 0.6) is 5.75 Å². The molecule has 0 saturated heterocycles.